The lowest BCUT2D eigenvalue weighted by Gasteiger charge is -2.14. The van der Waals surface area contributed by atoms with Crippen molar-refractivity contribution in [2.24, 2.45) is 0 Å². The quantitative estimate of drug-likeness (QED) is 0.667. The Hall–Kier alpha value is -1.59. The summed E-state index contributed by atoms with van der Waals surface area (Å²) in [6, 6.07) is 11.7. The van der Waals surface area contributed by atoms with Gasteiger partial charge in [0.1, 0.15) is 5.58 Å². The Morgan fingerprint density at radius 1 is 1.29 bits per heavy atom. The second kappa shape index (κ2) is 5.66. The predicted molar refractivity (Wildman–Crippen MR) is 88.8 cm³/mol. The molecule has 3 nitrogen and oxygen atoms in total. The molecule has 5 heteroatoms. The van der Waals surface area contributed by atoms with Gasteiger partial charge in [0, 0.05) is 22.9 Å². The van der Waals surface area contributed by atoms with Crippen molar-refractivity contribution in [3.05, 3.63) is 56.4 Å². The molecule has 1 aromatic carbocycles. The lowest BCUT2D eigenvalue weighted by molar-refractivity contribution is 0.0756. The van der Waals surface area contributed by atoms with Gasteiger partial charge in [-0.05, 0) is 41.1 Å². The Morgan fingerprint density at radius 2 is 2.05 bits per heavy atom. The highest BCUT2D eigenvalue weighted by molar-refractivity contribution is 9.11. The standard InChI is InChI=1S/C16H14BrNO2S/c1-10-12-5-3-4-6-13(12)20-15(10)16(19)18(2)9-11-7-8-14(17)21-11/h3-8H,9H2,1-2H3. The minimum Gasteiger partial charge on any atom is -0.451 e. The molecule has 2 aromatic heterocycles. The van der Waals surface area contributed by atoms with Crippen molar-refractivity contribution in [3.63, 3.8) is 0 Å². The van der Waals surface area contributed by atoms with E-state index in [0.717, 1.165) is 25.2 Å². The smallest absolute Gasteiger partial charge is 0.289 e. The summed E-state index contributed by atoms with van der Waals surface area (Å²) in [6.45, 7) is 2.50. The van der Waals surface area contributed by atoms with Crippen LogP contribution in [-0.2, 0) is 6.54 Å². The van der Waals surface area contributed by atoms with Gasteiger partial charge in [0.2, 0.25) is 0 Å². The number of carbonyl (C=O) groups is 1. The van der Waals surface area contributed by atoms with E-state index in [9.17, 15) is 4.79 Å². The van der Waals surface area contributed by atoms with Crippen molar-refractivity contribution >= 4 is 44.1 Å². The molecule has 3 rings (SSSR count). The van der Waals surface area contributed by atoms with Crippen molar-refractivity contribution < 1.29 is 9.21 Å². The maximum atomic E-state index is 12.6. The monoisotopic (exact) mass is 363 g/mol. The molecule has 0 fully saturated rings. The normalized spacial score (nSPS) is 11.0. The van der Waals surface area contributed by atoms with Crippen molar-refractivity contribution in [2.75, 3.05) is 7.05 Å². The Kier molecular flexibility index (Phi) is 3.87. The van der Waals surface area contributed by atoms with Crippen LogP contribution in [0.2, 0.25) is 0 Å². The first kappa shape index (κ1) is 14.4. The number of carbonyl (C=O) groups excluding carboxylic acids is 1. The van der Waals surface area contributed by atoms with Crippen LogP contribution in [0.15, 0.2) is 44.6 Å². The molecule has 0 aliphatic carbocycles. The number of thiophene rings is 1. The number of para-hydroxylation sites is 1. The Bertz CT molecular complexity index is 806. The molecule has 0 atom stereocenters. The van der Waals surface area contributed by atoms with E-state index in [-0.39, 0.29) is 5.91 Å². The van der Waals surface area contributed by atoms with Crippen molar-refractivity contribution in [1.29, 1.82) is 0 Å². The van der Waals surface area contributed by atoms with Crippen molar-refractivity contribution in [1.82, 2.24) is 4.90 Å². The molecule has 0 bridgehead atoms. The first-order valence-corrected chi connectivity index (χ1v) is 8.15. The summed E-state index contributed by atoms with van der Waals surface area (Å²) in [6.07, 6.45) is 0. The number of rotatable bonds is 3. The van der Waals surface area contributed by atoms with Crippen LogP contribution in [0.1, 0.15) is 21.0 Å². The third kappa shape index (κ3) is 2.76. The highest BCUT2D eigenvalue weighted by Gasteiger charge is 2.21. The van der Waals surface area contributed by atoms with Crippen LogP contribution in [0, 0.1) is 6.92 Å². The average Bonchev–Trinajstić information content (AvgIpc) is 3.03. The third-order valence-corrected chi connectivity index (χ3v) is 5.01. The molecule has 0 radical (unpaired) electrons. The lowest BCUT2D eigenvalue weighted by atomic mass is 10.1. The number of amides is 1. The van der Waals surface area contributed by atoms with E-state index in [1.807, 2.05) is 43.3 Å². The Balaban J connectivity index is 1.87. The van der Waals surface area contributed by atoms with Crippen LogP contribution < -0.4 is 0 Å². The van der Waals surface area contributed by atoms with Crippen LogP contribution in [0.3, 0.4) is 0 Å². The van der Waals surface area contributed by atoms with E-state index in [0.29, 0.717) is 12.3 Å². The molecule has 0 saturated heterocycles. The summed E-state index contributed by atoms with van der Waals surface area (Å²) < 4.78 is 6.80. The summed E-state index contributed by atoms with van der Waals surface area (Å²) in [5.41, 5.74) is 1.65. The topological polar surface area (TPSA) is 33.5 Å². The lowest BCUT2D eigenvalue weighted by Crippen LogP contribution is -2.25. The van der Waals surface area contributed by atoms with Crippen LogP contribution in [-0.4, -0.2) is 17.9 Å². The van der Waals surface area contributed by atoms with Gasteiger partial charge in [-0.2, -0.15) is 0 Å². The Labute approximate surface area is 135 Å². The number of hydrogen-bond acceptors (Lipinski definition) is 3. The summed E-state index contributed by atoms with van der Waals surface area (Å²) in [5, 5.41) is 0.994. The fourth-order valence-corrected chi connectivity index (χ4v) is 3.83. The maximum Gasteiger partial charge on any atom is 0.289 e. The molecular weight excluding hydrogens is 350 g/mol. The number of fused-ring (bicyclic) bond motifs is 1. The summed E-state index contributed by atoms with van der Waals surface area (Å²) >= 11 is 5.07. The third-order valence-electron chi connectivity index (χ3n) is 3.41. The van der Waals surface area contributed by atoms with Gasteiger partial charge in [-0.3, -0.25) is 4.79 Å². The molecule has 0 unspecified atom stereocenters. The van der Waals surface area contributed by atoms with E-state index in [4.69, 9.17) is 4.42 Å². The SMILES string of the molecule is Cc1c(C(=O)N(C)Cc2ccc(Br)s2)oc2ccccc12. The highest BCUT2D eigenvalue weighted by atomic mass is 79.9. The van der Waals surface area contributed by atoms with Gasteiger partial charge in [-0.15, -0.1) is 11.3 Å². The number of halogens is 1. The number of nitrogens with zero attached hydrogens (tertiary/aromatic N) is 1. The molecule has 2 heterocycles. The summed E-state index contributed by atoms with van der Waals surface area (Å²) in [4.78, 5) is 15.4. The molecule has 0 saturated carbocycles. The minimum absolute atomic E-state index is 0.0896. The molecule has 108 valence electrons. The van der Waals surface area contributed by atoms with Gasteiger partial charge in [-0.1, -0.05) is 18.2 Å². The fraction of sp³-hybridized carbons (Fsp3) is 0.188. The van der Waals surface area contributed by atoms with Crippen molar-refractivity contribution in [2.45, 2.75) is 13.5 Å². The van der Waals surface area contributed by atoms with Gasteiger partial charge in [0.05, 0.1) is 10.3 Å². The summed E-state index contributed by atoms with van der Waals surface area (Å²) in [7, 11) is 1.79. The van der Waals surface area contributed by atoms with Gasteiger partial charge >= 0.3 is 0 Å². The van der Waals surface area contributed by atoms with E-state index >= 15 is 0 Å². The van der Waals surface area contributed by atoms with Gasteiger partial charge in [0.15, 0.2) is 5.76 Å². The van der Waals surface area contributed by atoms with Crippen LogP contribution in [0.5, 0.6) is 0 Å². The zero-order valence-corrected chi connectivity index (χ0v) is 14.1. The largest absolute Gasteiger partial charge is 0.451 e. The average molecular weight is 364 g/mol. The first-order chi connectivity index (χ1) is 10.1. The number of furan rings is 1. The molecule has 21 heavy (non-hydrogen) atoms. The molecule has 0 spiro atoms. The predicted octanol–water partition coefficient (Wildman–Crippen LogP) is 4.84. The van der Waals surface area contributed by atoms with E-state index in [1.165, 1.54) is 0 Å². The second-order valence-corrected chi connectivity index (χ2v) is 7.47. The van der Waals surface area contributed by atoms with E-state index < -0.39 is 0 Å². The zero-order chi connectivity index (χ0) is 15.0. The van der Waals surface area contributed by atoms with Crippen molar-refractivity contribution in [3.8, 4) is 0 Å². The van der Waals surface area contributed by atoms with E-state index in [2.05, 4.69) is 15.9 Å². The van der Waals surface area contributed by atoms with Crippen LogP contribution in [0.25, 0.3) is 11.0 Å². The van der Waals surface area contributed by atoms with Gasteiger partial charge in [0.25, 0.3) is 5.91 Å². The van der Waals surface area contributed by atoms with Gasteiger partial charge in [-0.25, -0.2) is 0 Å². The Morgan fingerprint density at radius 3 is 2.71 bits per heavy atom. The number of benzene rings is 1. The van der Waals surface area contributed by atoms with E-state index in [1.54, 1.807) is 23.3 Å². The maximum absolute atomic E-state index is 12.6. The zero-order valence-electron chi connectivity index (χ0n) is 11.7. The molecule has 1 amide bonds. The molecule has 3 aromatic rings. The molecule has 0 aliphatic heterocycles. The van der Waals surface area contributed by atoms with Crippen LogP contribution >= 0.6 is 27.3 Å². The first-order valence-electron chi connectivity index (χ1n) is 6.54. The summed E-state index contributed by atoms with van der Waals surface area (Å²) in [5.74, 6) is 0.336. The molecule has 0 aliphatic rings. The number of hydrogen-bond donors (Lipinski definition) is 0. The molecular formula is C16H14BrNO2S. The number of aryl methyl sites for hydroxylation is 1. The highest BCUT2D eigenvalue weighted by Crippen LogP contribution is 2.27. The second-order valence-electron chi connectivity index (χ2n) is 4.92. The van der Waals surface area contributed by atoms with Crippen LogP contribution in [0.4, 0.5) is 0 Å². The van der Waals surface area contributed by atoms with Gasteiger partial charge < -0.3 is 9.32 Å². The fourth-order valence-electron chi connectivity index (χ4n) is 2.29. The molecule has 0 N–H and O–H groups in total. The minimum atomic E-state index is -0.0896.